The molecular formula is C20H33N3O2. The number of hydrogen-bond acceptors (Lipinski definition) is 4. The second-order valence-corrected chi connectivity index (χ2v) is 6.95. The summed E-state index contributed by atoms with van der Waals surface area (Å²) in [5.41, 5.74) is 2.08. The van der Waals surface area contributed by atoms with Gasteiger partial charge in [0.1, 0.15) is 0 Å². The van der Waals surface area contributed by atoms with Crippen LogP contribution >= 0.6 is 0 Å². The van der Waals surface area contributed by atoms with Crippen LogP contribution in [0.3, 0.4) is 0 Å². The number of rotatable bonds is 7. The first kappa shape index (κ1) is 19.9. The number of carbonyl (C=O) groups excluding carboxylic acids is 1. The minimum atomic E-state index is -0.576. The highest BCUT2D eigenvalue weighted by Gasteiger charge is 2.28. The molecule has 2 rings (SSSR count). The van der Waals surface area contributed by atoms with Crippen molar-refractivity contribution in [2.75, 3.05) is 45.8 Å². The van der Waals surface area contributed by atoms with E-state index in [0.717, 1.165) is 44.8 Å². The Morgan fingerprint density at radius 2 is 1.76 bits per heavy atom. The van der Waals surface area contributed by atoms with Crippen molar-refractivity contribution in [3.8, 4) is 0 Å². The van der Waals surface area contributed by atoms with Gasteiger partial charge in [0.2, 0.25) is 5.91 Å². The molecule has 0 bridgehead atoms. The summed E-state index contributed by atoms with van der Waals surface area (Å²) in [5, 5.41) is 10.5. The first-order chi connectivity index (χ1) is 12.0. The lowest BCUT2D eigenvalue weighted by molar-refractivity contribution is -0.138. The molecule has 0 radical (unpaired) electrons. The summed E-state index contributed by atoms with van der Waals surface area (Å²) in [4.78, 5) is 19.2. The number of aliphatic hydroxyl groups excluding tert-OH is 1. The highest BCUT2D eigenvalue weighted by atomic mass is 16.3. The monoisotopic (exact) mass is 347 g/mol. The third-order valence-electron chi connectivity index (χ3n) is 5.31. The van der Waals surface area contributed by atoms with Crippen LogP contribution in [0.1, 0.15) is 38.0 Å². The number of carbonyl (C=O) groups is 1. The largest absolute Gasteiger partial charge is 0.387 e. The summed E-state index contributed by atoms with van der Waals surface area (Å²) in [6.07, 6.45) is -0.576. The Morgan fingerprint density at radius 3 is 2.28 bits per heavy atom. The number of likely N-dealkylation sites (N-methyl/N-ethyl adjacent to an activating group) is 2. The van der Waals surface area contributed by atoms with Crippen LogP contribution in [0, 0.1) is 6.92 Å². The van der Waals surface area contributed by atoms with E-state index in [9.17, 15) is 9.90 Å². The predicted octanol–water partition coefficient (Wildman–Crippen LogP) is 1.90. The normalized spacial score (nSPS) is 18.4. The topological polar surface area (TPSA) is 47.0 Å². The second-order valence-electron chi connectivity index (χ2n) is 6.95. The predicted molar refractivity (Wildman–Crippen MR) is 102 cm³/mol. The van der Waals surface area contributed by atoms with Gasteiger partial charge in [0, 0.05) is 32.7 Å². The maximum absolute atomic E-state index is 12.8. The van der Waals surface area contributed by atoms with E-state index in [1.165, 1.54) is 5.56 Å². The summed E-state index contributed by atoms with van der Waals surface area (Å²) in [7, 11) is 0. The van der Waals surface area contributed by atoms with Gasteiger partial charge in [0.25, 0.3) is 0 Å². The zero-order chi connectivity index (χ0) is 18.4. The van der Waals surface area contributed by atoms with E-state index in [-0.39, 0.29) is 11.9 Å². The maximum Gasteiger partial charge on any atom is 0.239 e. The first-order valence-corrected chi connectivity index (χ1v) is 9.46. The molecule has 1 aromatic rings. The quantitative estimate of drug-likeness (QED) is 0.818. The summed E-state index contributed by atoms with van der Waals surface area (Å²) in [5.74, 6) is 0.175. The van der Waals surface area contributed by atoms with Gasteiger partial charge >= 0.3 is 0 Å². The van der Waals surface area contributed by atoms with Gasteiger partial charge in [-0.3, -0.25) is 9.69 Å². The Kier molecular flexibility index (Phi) is 7.41. The Balaban J connectivity index is 1.94. The number of piperazine rings is 1. The standard InChI is InChI=1S/C20H33N3O2/c1-5-21-11-13-23(14-12-21)20(25)17(4)22(6-2)15-19(24)18-9-7-16(3)8-10-18/h7-10,17,19,24H,5-6,11-15H2,1-4H3. The molecule has 0 saturated carbocycles. The maximum atomic E-state index is 12.8. The average molecular weight is 348 g/mol. The highest BCUT2D eigenvalue weighted by Crippen LogP contribution is 2.17. The van der Waals surface area contributed by atoms with Gasteiger partial charge in [0.15, 0.2) is 0 Å². The van der Waals surface area contributed by atoms with Crippen LogP contribution in [-0.2, 0) is 4.79 Å². The zero-order valence-corrected chi connectivity index (χ0v) is 16.1. The summed E-state index contributed by atoms with van der Waals surface area (Å²) < 4.78 is 0. The van der Waals surface area contributed by atoms with Gasteiger partial charge in [-0.2, -0.15) is 0 Å². The average Bonchev–Trinajstić information content (AvgIpc) is 2.65. The van der Waals surface area contributed by atoms with E-state index < -0.39 is 6.10 Å². The molecule has 2 atom stereocenters. The van der Waals surface area contributed by atoms with Crippen molar-refractivity contribution in [1.29, 1.82) is 0 Å². The molecule has 25 heavy (non-hydrogen) atoms. The molecule has 140 valence electrons. The third-order valence-corrected chi connectivity index (χ3v) is 5.31. The van der Waals surface area contributed by atoms with Crippen molar-refractivity contribution >= 4 is 5.91 Å². The molecule has 1 saturated heterocycles. The van der Waals surface area contributed by atoms with E-state index in [1.54, 1.807) is 0 Å². The fraction of sp³-hybridized carbons (Fsp3) is 0.650. The van der Waals surface area contributed by atoms with Gasteiger partial charge in [-0.25, -0.2) is 0 Å². The van der Waals surface area contributed by atoms with Crippen molar-refractivity contribution in [1.82, 2.24) is 14.7 Å². The molecule has 0 spiro atoms. The molecule has 0 aliphatic carbocycles. The zero-order valence-electron chi connectivity index (χ0n) is 16.1. The van der Waals surface area contributed by atoms with E-state index in [2.05, 4.69) is 16.7 Å². The lowest BCUT2D eigenvalue weighted by atomic mass is 10.1. The minimum Gasteiger partial charge on any atom is -0.387 e. The lowest BCUT2D eigenvalue weighted by Gasteiger charge is -2.38. The van der Waals surface area contributed by atoms with Crippen molar-refractivity contribution in [3.05, 3.63) is 35.4 Å². The molecule has 1 heterocycles. The molecule has 5 nitrogen and oxygen atoms in total. The molecule has 1 fully saturated rings. The first-order valence-electron chi connectivity index (χ1n) is 9.46. The minimum absolute atomic E-state index is 0.175. The molecular weight excluding hydrogens is 314 g/mol. The number of aryl methyl sites for hydroxylation is 1. The Labute approximate surface area is 152 Å². The van der Waals surface area contributed by atoms with Crippen LogP contribution in [0.4, 0.5) is 0 Å². The van der Waals surface area contributed by atoms with Gasteiger partial charge in [0.05, 0.1) is 12.1 Å². The van der Waals surface area contributed by atoms with E-state index >= 15 is 0 Å². The summed E-state index contributed by atoms with van der Waals surface area (Å²) in [6, 6.07) is 7.74. The van der Waals surface area contributed by atoms with Gasteiger partial charge in [-0.15, -0.1) is 0 Å². The molecule has 1 aliphatic heterocycles. The number of hydrogen-bond donors (Lipinski definition) is 1. The van der Waals surface area contributed by atoms with Crippen molar-refractivity contribution < 1.29 is 9.90 Å². The van der Waals surface area contributed by atoms with Gasteiger partial charge in [-0.1, -0.05) is 43.7 Å². The van der Waals surface area contributed by atoms with Crippen LogP contribution in [0.2, 0.25) is 0 Å². The number of aliphatic hydroxyl groups is 1. The number of amides is 1. The fourth-order valence-electron chi connectivity index (χ4n) is 3.38. The van der Waals surface area contributed by atoms with Crippen LogP contribution in [-0.4, -0.2) is 77.6 Å². The van der Waals surface area contributed by atoms with Gasteiger partial charge in [-0.05, 0) is 32.5 Å². The molecule has 2 unspecified atom stereocenters. The number of nitrogens with zero attached hydrogens (tertiary/aromatic N) is 3. The smallest absolute Gasteiger partial charge is 0.239 e. The lowest BCUT2D eigenvalue weighted by Crippen LogP contribution is -2.54. The van der Waals surface area contributed by atoms with Crippen molar-refractivity contribution in [2.45, 2.75) is 39.8 Å². The molecule has 1 N–H and O–H groups in total. The van der Waals surface area contributed by atoms with E-state index in [1.807, 2.05) is 49.9 Å². The van der Waals surface area contributed by atoms with Crippen molar-refractivity contribution in [2.24, 2.45) is 0 Å². The fourth-order valence-corrected chi connectivity index (χ4v) is 3.38. The Morgan fingerprint density at radius 1 is 1.16 bits per heavy atom. The van der Waals surface area contributed by atoms with Gasteiger partial charge < -0.3 is 14.9 Å². The Bertz CT molecular complexity index is 538. The molecule has 1 amide bonds. The summed E-state index contributed by atoms with van der Waals surface area (Å²) >= 11 is 0. The van der Waals surface area contributed by atoms with E-state index in [0.29, 0.717) is 6.54 Å². The molecule has 0 aromatic heterocycles. The van der Waals surface area contributed by atoms with E-state index in [4.69, 9.17) is 0 Å². The number of benzene rings is 1. The van der Waals surface area contributed by atoms with Crippen molar-refractivity contribution in [3.63, 3.8) is 0 Å². The SMILES string of the molecule is CCN1CCN(C(=O)C(C)N(CC)CC(O)c2ccc(C)cc2)CC1. The second kappa shape index (κ2) is 9.32. The highest BCUT2D eigenvalue weighted by molar-refractivity contribution is 5.81. The van der Waals surface area contributed by atoms with Crippen LogP contribution in [0.15, 0.2) is 24.3 Å². The third kappa shape index (κ3) is 5.27. The Hall–Kier alpha value is -1.43. The van der Waals surface area contributed by atoms with Crippen LogP contribution in [0.25, 0.3) is 0 Å². The molecule has 5 heteroatoms. The molecule has 1 aromatic carbocycles. The summed E-state index contributed by atoms with van der Waals surface area (Å²) in [6.45, 7) is 14.0. The van der Waals surface area contributed by atoms with Crippen LogP contribution < -0.4 is 0 Å². The molecule has 1 aliphatic rings. The van der Waals surface area contributed by atoms with Crippen LogP contribution in [0.5, 0.6) is 0 Å².